The third-order valence-electron chi connectivity index (χ3n) is 6.24. The number of rotatable bonds is 7. The van der Waals surface area contributed by atoms with E-state index in [4.69, 9.17) is 4.74 Å². The fourth-order valence-corrected chi connectivity index (χ4v) is 4.29. The molecule has 4 aromatic rings. The van der Waals surface area contributed by atoms with Crippen LogP contribution in [0.5, 0.6) is 11.5 Å². The van der Waals surface area contributed by atoms with E-state index in [1.807, 2.05) is 4.90 Å². The molecular formula is C26H24F4N6O3. The lowest BCUT2D eigenvalue weighted by Gasteiger charge is -2.14. The number of carbonyl (C=O) groups excluding carboxylic acids is 1. The number of imidazole rings is 1. The molecule has 0 bridgehead atoms. The highest BCUT2D eigenvalue weighted by Gasteiger charge is 2.31. The molecule has 5 rings (SSSR count). The van der Waals surface area contributed by atoms with E-state index in [0.29, 0.717) is 60.0 Å². The molecule has 13 heteroatoms. The number of ether oxygens (including phenoxy) is 1. The molecule has 0 spiro atoms. The Bertz CT molecular complexity index is 1520. The van der Waals surface area contributed by atoms with Crippen LogP contribution in [0.4, 0.5) is 35.0 Å². The molecule has 0 aliphatic carbocycles. The van der Waals surface area contributed by atoms with Gasteiger partial charge in [0.1, 0.15) is 23.1 Å². The summed E-state index contributed by atoms with van der Waals surface area (Å²) in [7, 11) is 1.64. The Morgan fingerprint density at radius 2 is 1.95 bits per heavy atom. The number of hydrogen-bond acceptors (Lipinski definition) is 7. The van der Waals surface area contributed by atoms with Gasteiger partial charge in [0.2, 0.25) is 11.9 Å². The Hall–Kier alpha value is -4.23. The summed E-state index contributed by atoms with van der Waals surface area (Å²) in [6.45, 7) is 1.24. The Balaban J connectivity index is 1.30. The van der Waals surface area contributed by atoms with Gasteiger partial charge in [0.25, 0.3) is 0 Å². The Morgan fingerprint density at radius 1 is 1.15 bits per heavy atom. The highest BCUT2D eigenvalue weighted by Crippen LogP contribution is 2.33. The molecule has 1 aliphatic rings. The number of hydrogen-bond donors (Lipinski definition) is 3. The number of nitrogens with one attached hydrogen (secondary N) is 2. The molecule has 0 radical (unpaired) electrons. The molecule has 2 aromatic carbocycles. The number of fused-ring (bicyclic) bond motifs is 1. The lowest BCUT2D eigenvalue weighted by Crippen LogP contribution is -2.32. The predicted octanol–water partition coefficient (Wildman–Crippen LogP) is 4.67. The first kappa shape index (κ1) is 26.4. The van der Waals surface area contributed by atoms with E-state index in [1.54, 1.807) is 41.9 Å². The zero-order valence-electron chi connectivity index (χ0n) is 20.7. The maximum atomic E-state index is 14.2. The van der Waals surface area contributed by atoms with Crippen LogP contribution >= 0.6 is 0 Å². The SMILES string of the molecule is Cn1c(Nc2cc(C(F)(F)F)ccc2F)nc2cc(Oc3ccnc(NC(=O)CN4CC[C@@H](O)C4)c3)ccc21. The molecular weight excluding hydrogens is 520 g/mol. The van der Waals surface area contributed by atoms with Crippen LogP contribution in [0.1, 0.15) is 12.0 Å². The lowest BCUT2D eigenvalue weighted by atomic mass is 10.2. The fraction of sp³-hybridized carbons (Fsp3) is 0.269. The van der Waals surface area contributed by atoms with Gasteiger partial charge in [-0.25, -0.2) is 14.4 Å². The van der Waals surface area contributed by atoms with E-state index in [9.17, 15) is 27.5 Å². The second-order valence-electron chi connectivity index (χ2n) is 9.17. The normalized spacial score (nSPS) is 16.0. The molecule has 2 aromatic heterocycles. The van der Waals surface area contributed by atoms with Crippen LogP contribution in [-0.2, 0) is 18.0 Å². The summed E-state index contributed by atoms with van der Waals surface area (Å²) in [4.78, 5) is 22.7. The number of amides is 1. The van der Waals surface area contributed by atoms with Crippen LogP contribution in [-0.4, -0.2) is 56.2 Å². The zero-order chi connectivity index (χ0) is 27.7. The van der Waals surface area contributed by atoms with Gasteiger partial charge in [0, 0.05) is 38.5 Å². The molecule has 0 unspecified atom stereocenters. The average Bonchev–Trinajstić information content (AvgIpc) is 3.41. The van der Waals surface area contributed by atoms with Gasteiger partial charge in [-0.15, -0.1) is 0 Å². The van der Waals surface area contributed by atoms with Crippen molar-refractivity contribution < 1.29 is 32.2 Å². The summed E-state index contributed by atoms with van der Waals surface area (Å²) in [6, 6.07) is 10.3. The van der Waals surface area contributed by atoms with Crippen molar-refractivity contribution in [3.63, 3.8) is 0 Å². The van der Waals surface area contributed by atoms with Crippen molar-refractivity contribution in [3.8, 4) is 11.5 Å². The van der Waals surface area contributed by atoms with Gasteiger partial charge in [-0.2, -0.15) is 13.2 Å². The van der Waals surface area contributed by atoms with Crippen LogP contribution in [0.15, 0.2) is 54.7 Å². The predicted molar refractivity (Wildman–Crippen MR) is 135 cm³/mol. The third-order valence-corrected chi connectivity index (χ3v) is 6.24. The number of nitrogens with zero attached hydrogens (tertiary/aromatic N) is 4. The van der Waals surface area contributed by atoms with Gasteiger partial charge in [-0.1, -0.05) is 0 Å². The molecule has 1 saturated heterocycles. The Kier molecular flexibility index (Phi) is 7.10. The van der Waals surface area contributed by atoms with E-state index >= 15 is 0 Å². The first-order valence-electron chi connectivity index (χ1n) is 12.0. The van der Waals surface area contributed by atoms with Crippen LogP contribution in [0, 0.1) is 5.82 Å². The van der Waals surface area contributed by atoms with E-state index in [1.165, 1.54) is 6.20 Å². The number of aromatic nitrogens is 3. The van der Waals surface area contributed by atoms with E-state index < -0.39 is 23.7 Å². The number of carbonyl (C=O) groups is 1. The first-order valence-corrected chi connectivity index (χ1v) is 12.0. The molecule has 1 atom stereocenters. The molecule has 1 fully saturated rings. The number of aliphatic hydroxyl groups excluding tert-OH is 1. The van der Waals surface area contributed by atoms with Gasteiger partial charge in [-0.3, -0.25) is 9.69 Å². The number of aryl methyl sites for hydroxylation is 1. The number of aliphatic hydroxyl groups is 1. The summed E-state index contributed by atoms with van der Waals surface area (Å²) in [5, 5.41) is 15.0. The number of anilines is 3. The van der Waals surface area contributed by atoms with Crippen molar-refractivity contribution in [3.05, 3.63) is 66.1 Å². The maximum absolute atomic E-state index is 14.2. The average molecular weight is 545 g/mol. The topological polar surface area (TPSA) is 105 Å². The third kappa shape index (κ3) is 6.10. The molecule has 9 nitrogen and oxygen atoms in total. The molecule has 204 valence electrons. The number of β-amino-alcohol motifs (C(OH)–C–C–N with tert-alkyl or cyclic N) is 1. The fourth-order valence-electron chi connectivity index (χ4n) is 4.29. The second kappa shape index (κ2) is 10.5. The Morgan fingerprint density at radius 3 is 2.69 bits per heavy atom. The van der Waals surface area contributed by atoms with Crippen molar-refractivity contribution in [2.45, 2.75) is 18.7 Å². The van der Waals surface area contributed by atoms with E-state index in [2.05, 4.69) is 20.6 Å². The number of alkyl halides is 3. The maximum Gasteiger partial charge on any atom is 0.416 e. The van der Waals surface area contributed by atoms with Crippen molar-refractivity contribution >= 4 is 34.4 Å². The molecule has 3 N–H and O–H groups in total. The first-order chi connectivity index (χ1) is 18.5. The van der Waals surface area contributed by atoms with Crippen LogP contribution in [0.3, 0.4) is 0 Å². The van der Waals surface area contributed by atoms with Crippen LogP contribution in [0.2, 0.25) is 0 Å². The van der Waals surface area contributed by atoms with Crippen molar-refractivity contribution in [1.29, 1.82) is 0 Å². The van der Waals surface area contributed by atoms with Gasteiger partial charge in [0.15, 0.2) is 0 Å². The van der Waals surface area contributed by atoms with Crippen molar-refractivity contribution in [2.75, 3.05) is 30.3 Å². The zero-order valence-corrected chi connectivity index (χ0v) is 20.7. The molecule has 1 aliphatic heterocycles. The smallest absolute Gasteiger partial charge is 0.416 e. The summed E-state index contributed by atoms with van der Waals surface area (Å²) < 4.78 is 60.9. The quantitative estimate of drug-likeness (QED) is 0.291. The molecule has 1 amide bonds. The largest absolute Gasteiger partial charge is 0.457 e. The minimum Gasteiger partial charge on any atom is -0.457 e. The van der Waals surface area contributed by atoms with Crippen molar-refractivity contribution in [1.82, 2.24) is 19.4 Å². The van der Waals surface area contributed by atoms with Gasteiger partial charge in [-0.05, 0) is 42.8 Å². The lowest BCUT2D eigenvalue weighted by molar-refractivity contribution is -0.137. The summed E-state index contributed by atoms with van der Waals surface area (Å²) in [5.74, 6) is 0.132. The van der Waals surface area contributed by atoms with Crippen LogP contribution < -0.4 is 15.4 Å². The standard InChI is InChI=1S/C26H24F4N6O3/c1-35-22-5-3-17(11-21(22)33-25(35)32-20-10-15(26(28,29)30)2-4-19(20)27)39-18-6-8-31-23(12-18)34-24(38)14-36-9-7-16(37)13-36/h2-6,8,10-12,16,37H,7,9,13-14H2,1H3,(H,32,33)(H,31,34,38)/t16-/m1/s1. The molecule has 0 saturated carbocycles. The highest BCUT2D eigenvalue weighted by atomic mass is 19.4. The van der Waals surface area contributed by atoms with Crippen molar-refractivity contribution in [2.24, 2.45) is 7.05 Å². The summed E-state index contributed by atoms with van der Waals surface area (Å²) in [6.07, 6.45) is -2.92. The number of halogens is 4. The minimum absolute atomic E-state index is 0.139. The monoisotopic (exact) mass is 544 g/mol. The van der Waals surface area contributed by atoms with Gasteiger partial charge in [0.05, 0.1) is 34.9 Å². The summed E-state index contributed by atoms with van der Waals surface area (Å²) >= 11 is 0. The highest BCUT2D eigenvalue weighted by molar-refractivity contribution is 5.91. The molecule has 3 heterocycles. The van der Waals surface area contributed by atoms with E-state index in [-0.39, 0.29) is 24.1 Å². The number of benzene rings is 2. The van der Waals surface area contributed by atoms with Gasteiger partial charge < -0.3 is 25.0 Å². The number of likely N-dealkylation sites (tertiary alicyclic amines) is 1. The Labute approximate surface area is 220 Å². The minimum atomic E-state index is -4.62. The second-order valence-corrected chi connectivity index (χ2v) is 9.17. The van der Waals surface area contributed by atoms with Gasteiger partial charge >= 0.3 is 6.18 Å². The molecule has 39 heavy (non-hydrogen) atoms. The van der Waals surface area contributed by atoms with E-state index in [0.717, 1.165) is 6.07 Å². The number of pyridine rings is 1. The summed E-state index contributed by atoms with van der Waals surface area (Å²) in [5.41, 5.74) is -0.247. The van der Waals surface area contributed by atoms with Crippen LogP contribution in [0.25, 0.3) is 11.0 Å².